The van der Waals surface area contributed by atoms with Crippen LogP contribution in [0.4, 0.5) is 5.69 Å². The van der Waals surface area contributed by atoms with Gasteiger partial charge in [-0.3, -0.25) is 4.79 Å². The standard InChI is InChI=1S/C18H18BrNO/c1-18(2,13-16(19)14-9-5-3-6-10-14)17(21)20-15-11-7-4-8-12-15/h3-13H,1-2H3,(H,20,21)/b16-13-. The Kier molecular flexibility index (Phi) is 4.97. The van der Waals surface area contributed by atoms with Crippen LogP contribution in [0, 0.1) is 5.41 Å². The second kappa shape index (κ2) is 6.72. The molecule has 0 fully saturated rings. The zero-order chi connectivity index (χ0) is 15.3. The van der Waals surface area contributed by atoms with Crippen molar-refractivity contribution in [1.82, 2.24) is 0 Å². The van der Waals surface area contributed by atoms with Gasteiger partial charge in [0.1, 0.15) is 0 Å². The largest absolute Gasteiger partial charge is 0.325 e. The van der Waals surface area contributed by atoms with Crippen LogP contribution >= 0.6 is 15.9 Å². The molecule has 2 aromatic carbocycles. The quantitative estimate of drug-likeness (QED) is 0.823. The van der Waals surface area contributed by atoms with Gasteiger partial charge in [-0.15, -0.1) is 0 Å². The minimum atomic E-state index is -0.621. The molecule has 0 aliphatic carbocycles. The average molecular weight is 344 g/mol. The lowest BCUT2D eigenvalue weighted by Crippen LogP contribution is -2.29. The number of nitrogens with one attached hydrogen (secondary N) is 1. The van der Waals surface area contributed by atoms with Crippen molar-refractivity contribution in [2.24, 2.45) is 5.41 Å². The van der Waals surface area contributed by atoms with Gasteiger partial charge in [-0.05, 0) is 31.5 Å². The SMILES string of the molecule is CC(C)(/C=C(\Br)c1ccccc1)C(=O)Nc1ccccc1. The number of rotatable bonds is 4. The number of hydrogen-bond acceptors (Lipinski definition) is 1. The number of hydrogen-bond donors (Lipinski definition) is 1. The summed E-state index contributed by atoms with van der Waals surface area (Å²) >= 11 is 3.56. The van der Waals surface area contributed by atoms with Crippen LogP contribution in [0.25, 0.3) is 4.48 Å². The number of anilines is 1. The molecule has 0 aliphatic heterocycles. The van der Waals surface area contributed by atoms with E-state index in [1.165, 1.54) is 0 Å². The normalized spacial score (nSPS) is 12.0. The molecule has 1 N–H and O–H groups in total. The highest BCUT2D eigenvalue weighted by atomic mass is 79.9. The second-order valence-electron chi connectivity index (χ2n) is 5.40. The smallest absolute Gasteiger partial charge is 0.233 e. The van der Waals surface area contributed by atoms with Crippen LogP contribution in [0.2, 0.25) is 0 Å². The van der Waals surface area contributed by atoms with Crippen molar-refractivity contribution in [1.29, 1.82) is 0 Å². The molecule has 1 amide bonds. The van der Waals surface area contributed by atoms with E-state index in [4.69, 9.17) is 0 Å². The number of carbonyl (C=O) groups is 1. The number of benzene rings is 2. The summed E-state index contributed by atoms with van der Waals surface area (Å²) in [7, 11) is 0. The Morgan fingerprint density at radius 2 is 1.52 bits per heavy atom. The number of halogens is 1. The summed E-state index contributed by atoms with van der Waals surface area (Å²) in [6, 6.07) is 19.4. The molecule has 0 saturated heterocycles. The maximum atomic E-state index is 12.4. The molecule has 2 nitrogen and oxygen atoms in total. The Bertz CT molecular complexity index is 633. The van der Waals surface area contributed by atoms with Crippen molar-refractivity contribution in [3.05, 3.63) is 72.3 Å². The first-order chi connectivity index (χ1) is 9.99. The van der Waals surface area contributed by atoms with Crippen molar-refractivity contribution in [3.63, 3.8) is 0 Å². The molecule has 0 radical (unpaired) electrons. The maximum absolute atomic E-state index is 12.4. The molecule has 0 bridgehead atoms. The van der Waals surface area contributed by atoms with E-state index in [1.54, 1.807) is 0 Å². The zero-order valence-electron chi connectivity index (χ0n) is 12.1. The molecule has 108 valence electrons. The van der Waals surface area contributed by atoms with E-state index in [0.717, 1.165) is 15.7 Å². The predicted octanol–water partition coefficient (Wildman–Crippen LogP) is 5.09. The minimum Gasteiger partial charge on any atom is -0.325 e. The van der Waals surface area contributed by atoms with Crippen LogP contribution in [0.3, 0.4) is 0 Å². The Morgan fingerprint density at radius 1 is 1.00 bits per heavy atom. The summed E-state index contributed by atoms with van der Waals surface area (Å²) in [4.78, 5) is 12.4. The van der Waals surface area contributed by atoms with Gasteiger partial charge >= 0.3 is 0 Å². The molecule has 21 heavy (non-hydrogen) atoms. The lowest BCUT2D eigenvalue weighted by atomic mass is 9.91. The predicted molar refractivity (Wildman–Crippen MR) is 92.2 cm³/mol. The van der Waals surface area contributed by atoms with Crippen molar-refractivity contribution >= 4 is 32.0 Å². The van der Waals surface area contributed by atoms with Gasteiger partial charge in [0.15, 0.2) is 0 Å². The minimum absolute atomic E-state index is 0.0402. The van der Waals surface area contributed by atoms with Crippen LogP contribution in [0.5, 0.6) is 0 Å². The van der Waals surface area contributed by atoms with E-state index in [9.17, 15) is 4.79 Å². The third kappa shape index (κ3) is 4.30. The van der Waals surface area contributed by atoms with Crippen LogP contribution in [0.1, 0.15) is 19.4 Å². The molecule has 2 aromatic rings. The van der Waals surface area contributed by atoms with Crippen molar-refractivity contribution < 1.29 is 4.79 Å². The molecule has 0 aliphatic rings. The summed E-state index contributed by atoms with van der Waals surface area (Å²) < 4.78 is 0.913. The third-order valence-electron chi connectivity index (χ3n) is 3.15. The molecular weight excluding hydrogens is 326 g/mol. The molecule has 3 heteroatoms. The highest BCUT2D eigenvalue weighted by Crippen LogP contribution is 2.29. The van der Waals surface area contributed by atoms with Crippen LogP contribution in [0.15, 0.2) is 66.7 Å². The molecule has 0 unspecified atom stereocenters. The van der Waals surface area contributed by atoms with Crippen LogP contribution in [-0.4, -0.2) is 5.91 Å². The van der Waals surface area contributed by atoms with E-state index >= 15 is 0 Å². The van der Waals surface area contributed by atoms with Gasteiger partial charge in [0.2, 0.25) is 5.91 Å². The van der Waals surface area contributed by atoms with E-state index < -0.39 is 5.41 Å². The first kappa shape index (κ1) is 15.5. The van der Waals surface area contributed by atoms with E-state index in [2.05, 4.69) is 21.2 Å². The molecule has 0 atom stereocenters. The summed E-state index contributed by atoms with van der Waals surface area (Å²) in [6.45, 7) is 3.80. The fourth-order valence-electron chi connectivity index (χ4n) is 1.88. The lowest BCUT2D eigenvalue weighted by Gasteiger charge is -2.20. The van der Waals surface area contributed by atoms with E-state index in [1.807, 2.05) is 80.6 Å². The Morgan fingerprint density at radius 3 is 2.10 bits per heavy atom. The van der Waals surface area contributed by atoms with E-state index in [0.29, 0.717) is 0 Å². The van der Waals surface area contributed by atoms with Gasteiger partial charge in [-0.1, -0.05) is 70.5 Å². The molecule has 0 saturated carbocycles. The second-order valence-corrected chi connectivity index (χ2v) is 6.25. The monoisotopic (exact) mass is 343 g/mol. The van der Waals surface area contributed by atoms with Gasteiger partial charge in [0.05, 0.1) is 5.41 Å². The van der Waals surface area contributed by atoms with Crippen LogP contribution < -0.4 is 5.32 Å². The number of carbonyl (C=O) groups excluding carboxylic acids is 1. The molecular formula is C18H18BrNO. The van der Waals surface area contributed by atoms with Crippen molar-refractivity contribution in [2.75, 3.05) is 5.32 Å². The van der Waals surface area contributed by atoms with Crippen LogP contribution in [-0.2, 0) is 4.79 Å². The van der Waals surface area contributed by atoms with Gasteiger partial charge < -0.3 is 5.32 Å². The fraction of sp³-hybridized carbons (Fsp3) is 0.167. The van der Waals surface area contributed by atoms with Gasteiger partial charge in [0, 0.05) is 10.2 Å². The average Bonchev–Trinajstić information content (AvgIpc) is 2.48. The first-order valence-corrected chi connectivity index (χ1v) is 7.58. The lowest BCUT2D eigenvalue weighted by molar-refractivity contribution is -0.121. The number of amides is 1. The van der Waals surface area contributed by atoms with Crippen molar-refractivity contribution in [2.45, 2.75) is 13.8 Å². The molecule has 0 aromatic heterocycles. The van der Waals surface area contributed by atoms with Gasteiger partial charge in [-0.2, -0.15) is 0 Å². The Hall–Kier alpha value is -1.87. The summed E-state index contributed by atoms with van der Waals surface area (Å²) in [5.41, 5.74) is 1.24. The maximum Gasteiger partial charge on any atom is 0.233 e. The first-order valence-electron chi connectivity index (χ1n) is 6.79. The molecule has 2 rings (SSSR count). The summed E-state index contributed by atoms with van der Waals surface area (Å²) in [5.74, 6) is -0.0402. The Labute approximate surface area is 134 Å². The topological polar surface area (TPSA) is 29.1 Å². The summed E-state index contributed by atoms with van der Waals surface area (Å²) in [6.07, 6.45) is 1.93. The highest BCUT2D eigenvalue weighted by Gasteiger charge is 2.25. The third-order valence-corrected chi connectivity index (χ3v) is 3.84. The Balaban J connectivity index is 2.15. The molecule has 0 spiro atoms. The zero-order valence-corrected chi connectivity index (χ0v) is 13.7. The number of para-hydroxylation sites is 1. The highest BCUT2D eigenvalue weighted by molar-refractivity contribution is 9.15. The fourth-order valence-corrected chi connectivity index (χ4v) is 2.71. The van der Waals surface area contributed by atoms with Gasteiger partial charge in [0.25, 0.3) is 0 Å². The molecule has 0 heterocycles. The summed E-state index contributed by atoms with van der Waals surface area (Å²) in [5, 5.41) is 2.93. The van der Waals surface area contributed by atoms with E-state index in [-0.39, 0.29) is 5.91 Å². The van der Waals surface area contributed by atoms with Crippen molar-refractivity contribution in [3.8, 4) is 0 Å². The van der Waals surface area contributed by atoms with Gasteiger partial charge in [-0.25, -0.2) is 0 Å².